The molecule has 0 saturated carbocycles. The summed E-state index contributed by atoms with van der Waals surface area (Å²) >= 11 is 0. The summed E-state index contributed by atoms with van der Waals surface area (Å²) in [5, 5.41) is 5.08. The van der Waals surface area contributed by atoms with Crippen molar-refractivity contribution in [2.24, 2.45) is 4.99 Å². The van der Waals surface area contributed by atoms with Crippen LogP contribution in [0.4, 0.5) is 22.7 Å². The number of rotatable bonds is 3. The van der Waals surface area contributed by atoms with Crippen LogP contribution in [-0.4, -0.2) is 5.71 Å². The smallest absolute Gasteiger partial charge is 0.0784 e. The minimum absolute atomic E-state index is 0.972. The molecule has 0 fully saturated rings. The highest BCUT2D eigenvalue weighted by Crippen LogP contribution is 2.53. The van der Waals surface area contributed by atoms with Gasteiger partial charge in [0, 0.05) is 27.8 Å². The Morgan fingerprint density at radius 3 is 2.18 bits per heavy atom. The largest absolute Gasteiger partial charge is 0.309 e. The third-order valence-electron chi connectivity index (χ3n) is 9.27. The van der Waals surface area contributed by atoms with Crippen molar-refractivity contribution >= 4 is 55.6 Å². The van der Waals surface area contributed by atoms with Gasteiger partial charge in [0.2, 0.25) is 0 Å². The zero-order chi connectivity index (χ0) is 29.7. The first-order valence-electron chi connectivity index (χ1n) is 15.7. The van der Waals surface area contributed by atoms with Crippen molar-refractivity contribution in [1.82, 2.24) is 0 Å². The minimum Gasteiger partial charge on any atom is -0.309 e. The fourth-order valence-corrected chi connectivity index (χ4v) is 7.19. The lowest BCUT2D eigenvalue weighted by atomic mass is 9.87. The average molecular weight is 575 g/mol. The van der Waals surface area contributed by atoms with Gasteiger partial charge in [-0.05, 0) is 76.0 Å². The maximum Gasteiger partial charge on any atom is 0.0784 e. The second-order valence-electron chi connectivity index (χ2n) is 11.9. The molecule has 7 aromatic carbocycles. The number of para-hydroxylation sites is 1. The Labute approximate surface area is 263 Å². The lowest BCUT2D eigenvalue weighted by Gasteiger charge is -2.34. The molecular formula is C43H30N2. The first-order valence-corrected chi connectivity index (χ1v) is 15.7. The molecule has 2 nitrogen and oxygen atoms in total. The normalized spacial score (nSPS) is 13.8. The van der Waals surface area contributed by atoms with Gasteiger partial charge >= 0.3 is 0 Å². The van der Waals surface area contributed by atoms with Crippen LogP contribution < -0.4 is 4.90 Å². The lowest BCUT2D eigenvalue weighted by molar-refractivity contribution is 0.999. The highest BCUT2D eigenvalue weighted by Gasteiger charge is 2.27. The van der Waals surface area contributed by atoms with Crippen LogP contribution in [0.5, 0.6) is 0 Å². The van der Waals surface area contributed by atoms with E-state index in [2.05, 4.69) is 163 Å². The van der Waals surface area contributed by atoms with E-state index in [9.17, 15) is 0 Å². The fraction of sp³-hybridized carbons (Fsp3) is 0.0465. The molecule has 2 aliphatic rings. The molecule has 45 heavy (non-hydrogen) atoms. The molecule has 0 bridgehead atoms. The summed E-state index contributed by atoms with van der Waals surface area (Å²) in [5.74, 6) is 0. The van der Waals surface area contributed by atoms with Crippen LogP contribution in [0.15, 0.2) is 163 Å². The lowest BCUT2D eigenvalue weighted by Crippen LogP contribution is -2.15. The van der Waals surface area contributed by atoms with Gasteiger partial charge in [-0.15, -0.1) is 0 Å². The molecule has 0 spiro atoms. The first kappa shape index (κ1) is 25.7. The summed E-state index contributed by atoms with van der Waals surface area (Å²) < 4.78 is 0. The van der Waals surface area contributed by atoms with Crippen LogP contribution in [0.3, 0.4) is 0 Å². The summed E-state index contributed by atoms with van der Waals surface area (Å²) in [4.78, 5) is 7.77. The summed E-state index contributed by atoms with van der Waals surface area (Å²) in [6, 6.07) is 54.9. The molecule has 0 N–H and O–H groups in total. The number of aliphatic imine (C=N–C) groups is 1. The van der Waals surface area contributed by atoms with Crippen LogP contribution >= 0.6 is 0 Å². The van der Waals surface area contributed by atoms with Crippen molar-refractivity contribution in [2.75, 3.05) is 4.90 Å². The predicted molar refractivity (Wildman–Crippen MR) is 191 cm³/mol. The average Bonchev–Trinajstić information content (AvgIpc) is 3.09. The van der Waals surface area contributed by atoms with Crippen molar-refractivity contribution < 1.29 is 0 Å². The Hall–Kier alpha value is -5.73. The van der Waals surface area contributed by atoms with Crippen LogP contribution in [0.1, 0.15) is 23.1 Å². The van der Waals surface area contributed by atoms with E-state index in [1.165, 1.54) is 60.7 Å². The van der Waals surface area contributed by atoms with Gasteiger partial charge in [0.25, 0.3) is 0 Å². The van der Waals surface area contributed by atoms with Crippen LogP contribution in [0.2, 0.25) is 0 Å². The molecule has 0 radical (unpaired) electrons. The Morgan fingerprint density at radius 1 is 0.533 bits per heavy atom. The third kappa shape index (κ3) is 4.22. The first-order chi connectivity index (χ1) is 22.3. The molecule has 2 aliphatic heterocycles. The van der Waals surface area contributed by atoms with Crippen LogP contribution in [0.25, 0.3) is 38.2 Å². The number of hydrogen-bond acceptors (Lipinski definition) is 2. The maximum atomic E-state index is 5.34. The number of fused-ring (bicyclic) bond motifs is 5. The minimum atomic E-state index is 0.972. The monoisotopic (exact) mass is 574 g/mol. The van der Waals surface area contributed by atoms with E-state index in [4.69, 9.17) is 4.99 Å². The molecule has 2 heterocycles. The summed E-state index contributed by atoms with van der Waals surface area (Å²) in [6.07, 6.45) is 4.32. The third-order valence-corrected chi connectivity index (χ3v) is 9.27. The van der Waals surface area contributed by atoms with Crippen LogP contribution in [0, 0.1) is 0 Å². The molecule has 9 rings (SSSR count). The quantitative estimate of drug-likeness (QED) is 0.205. The molecule has 7 aromatic rings. The number of allylic oxidation sites excluding steroid dienone is 2. The van der Waals surface area contributed by atoms with Crippen molar-refractivity contribution in [3.63, 3.8) is 0 Å². The van der Waals surface area contributed by atoms with E-state index >= 15 is 0 Å². The number of benzene rings is 7. The Kier molecular flexibility index (Phi) is 5.99. The fourth-order valence-electron chi connectivity index (χ4n) is 7.19. The number of nitrogens with zero attached hydrogens (tertiary/aromatic N) is 2. The molecule has 0 aliphatic carbocycles. The molecular weight excluding hydrogens is 544 g/mol. The Balaban J connectivity index is 1.23. The second-order valence-corrected chi connectivity index (χ2v) is 11.9. The SMILES string of the molecule is C1=C(c2ccccc2)C(c2ccc(N3c4ccc5ccccc5c4-c4cccc5cccc3c45)cc2)=Nc2ccccc2CC1. The molecule has 2 heteroatoms. The van der Waals surface area contributed by atoms with E-state index in [1.54, 1.807) is 0 Å². The molecule has 0 atom stereocenters. The zero-order valence-corrected chi connectivity index (χ0v) is 24.8. The molecule has 0 unspecified atom stereocenters. The van der Waals surface area contributed by atoms with Gasteiger partial charge in [0.05, 0.1) is 22.8 Å². The summed E-state index contributed by atoms with van der Waals surface area (Å²) in [6.45, 7) is 0. The standard InChI is InChI=1S/C43H30N2/c1-2-11-29(12-3-1)36-19-8-15-31-14-5-7-21-38(31)44-43(36)33-23-26-34(27-24-33)45-39-22-10-17-32-16-9-20-37(41(32)39)42-35-18-6-4-13-30(35)25-28-40(42)45/h1-7,9-14,16-28H,8,15H2. The number of hydrogen-bond donors (Lipinski definition) is 0. The van der Waals surface area contributed by atoms with E-state index in [-0.39, 0.29) is 0 Å². The van der Waals surface area contributed by atoms with E-state index in [0.29, 0.717) is 0 Å². The Bertz CT molecular complexity index is 2300. The highest BCUT2D eigenvalue weighted by atomic mass is 15.2. The summed E-state index contributed by atoms with van der Waals surface area (Å²) in [7, 11) is 0. The van der Waals surface area contributed by atoms with Crippen molar-refractivity contribution in [1.29, 1.82) is 0 Å². The van der Waals surface area contributed by atoms with Crippen molar-refractivity contribution in [2.45, 2.75) is 12.8 Å². The van der Waals surface area contributed by atoms with Gasteiger partial charge < -0.3 is 4.90 Å². The van der Waals surface area contributed by atoms with Crippen molar-refractivity contribution in [3.8, 4) is 11.1 Å². The van der Waals surface area contributed by atoms with E-state index < -0.39 is 0 Å². The summed E-state index contributed by atoms with van der Waals surface area (Å²) in [5.41, 5.74) is 13.0. The highest BCUT2D eigenvalue weighted by molar-refractivity contribution is 6.32. The maximum absolute atomic E-state index is 5.34. The topological polar surface area (TPSA) is 15.6 Å². The van der Waals surface area contributed by atoms with Gasteiger partial charge in [-0.1, -0.05) is 127 Å². The molecule has 0 amide bonds. The molecule has 212 valence electrons. The van der Waals surface area contributed by atoms with Gasteiger partial charge in [-0.2, -0.15) is 0 Å². The van der Waals surface area contributed by atoms with Gasteiger partial charge in [-0.3, -0.25) is 0 Å². The molecule has 0 aromatic heterocycles. The van der Waals surface area contributed by atoms with Gasteiger partial charge in [0.15, 0.2) is 0 Å². The van der Waals surface area contributed by atoms with Gasteiger partial charge in [0.1, 0.15) is 0 Å². The predicted octanol–water partition coefficient (Wildman–Crippen LogP) is 11.6. The van der Waals surface area contributed by atoms with Gasteiger partial charge in [-0.25, -0.2) is 4.99 Å². The van der Waals surface area contributed by atoms with E-state index in [1.807, 2.05) is 0 Å². The van der Waals surface area contributed by atoms with Crippen molar-refractivity contribution in [3.05, 3.63) is 174 Å². The Morgan fingerprint density at radius 2 is 1.29 bits per heavy atom. The number of aryl methyl sites for hydroxylation is 1. The van der Waals surface area contributed by atoms with E-state index in [0.717, 1.165) is 35.5 Å². The second kappa shape index (κ2) is 10.5. The van der Waals surface area contributed by atoms with Crippen LogP contribution in [-0.2, 0) is 6.42 Å². The molecule has 0 saturated heterocycles. The number of anilines is 3. The zero-order valence-electron chi connectivity index (χ0n) is 24.8.